The molecule has 6 unspecified atom stereocenters. The van der Waals surface area contributed by atoms with Crippen molar-refractivity contribution in [3.63, 3.8) is 0 Å². The number of rotatable bonds is 33. The molecule has 0 saturated carbocycles. The highest BCUT2D eigenvalue weighted by atomic mass is 32.3. The van der Waals surface area contributed by atoms with Gasteiger partial charge in [-0.15, -0.1) is 0 Å². The lowest BCUT2D eigenvalue weighted by Crippen LogP contribution is -2.60. The van der Waals surface area contributed by atoms with Crippen molar-refractivity contribution >= 4 is 16.4 Å². The molecule has 13 heteroatoms. The van der Waals surface area contributed by atoms with Gasteiger partial charge in [-0.1, -0.05) is 127 Å². The van der Waals surface area contributed by atoms with Gasteiger partial charge in [-0.05, 0) is 51.4 Å². The van der Waals surface area contributed by atoms with Crippen molar-refractivity contribution in [3.8, 4) is 0 Å². The summed E-state index contributed by atoms with van der Waals surface area (Å²) >= 11 is 0. The number of aliphatic hydroxyl groups excluding tert-OH is 3. The second-order valence-electron chi connectivity index (χ2n) is 13.5. The first-order chi connectivity index (χ1) is 25.6. The number of aliphatic hydroxyl groups is 3. The molecule has 1 fully saturated rings. The van der Waals surface area contributed by atoms with Gasteiger partial charge in [-0.25, -0.2) is 4.18 Å². The predicted molar refractivity (Wildman–Crippen MR) is 206 cm³/mol. The molecule has 1 heterocycles. The van der Waals surface area contributed by atoms with Crippen molar-refractivity contribution in [3.05, 3.63) is 48.6 Å². The molecular formula is C40H70O12S. The Morgan fingerprint density at radius 3 is 1.87 bits per heavy atom. The summed E-state index contributed by atoms with van der Waals surface area (Å²) in [5.41, 5.74) is 0. The summed E-state index contributed by atoms with van der Waals surface area (Å²) < 4.78 is 58.7. The first-order valence-corrected chi connectivity index (χ1v) is 21.3. The topological polar surface area (TPSA) is 178 Å². The Labute approximate surface area is 319 Å². The molecule has 0 aromatic carbocycles. The number of ether oxygens (including phenoxy) is 4. The third-order valence-corrected chi connectivity index (χ3v) is 9.18. The average Bonchev–Trinajstić information content (AvgIpc) is 3.12. The van der Waals surface area contributed by atoms with E-state index in [1.807, 2.05) is 0 Å². The van der Waals surface area contributed by atoms with E-state index < -0.39 is 59.8 Å². The van der Waals surface area contributed by atoms with E-state index in [9.17, 15) is 28.5 Å². The fourth-order valence-corrected chi connectivity index (χ4v) is 6.23. The molecule has 6 atom stereocenters. The molecule has 0 spiro atoms. The van der Waals surface area contributed by atoms with E-state index in [-0.39, 0.29) is 19.6 Å². The second kappa shape index (κ2) is 32.3. The average molecular weight is 775 g/mol. The molecule has 12 nitrogen and oxygen atoms in total. The molecule has 0 bridgehead atoms. The normalized spacial score (nSPS) is 21.8. The zero-order valence-electron chi connectivity index (χ0n) is 32.3. The van der Waals surface area contributed by atoms with Crippen LogP contribution in [0.5, 0.6) is 0 Å². The van der Waals surface area contributed by atoms with Gasteiger partial charge >= 0.3 is 16.4 Å². The van der Waals surface area contributed by atoms with Crippen molar-refractivity contribution in [2.45, 2.75) is 173 Å². The van der Waals surface area contributed by atoms with Gasteiger partial charge in [0.25, 0.3) is 0 Å². The van der Waals surface area contributed by atoms with Gasteiger partial charge in [0.15, 0.2) is 6.29 Å². The van der Waals surface area contributed by atoms with Gasteiger partial charge in [-0.2, -0.15) is 8.42 Å². The molecular weight excluding hydrogens is 704 g/mol. The fourth-order valence-electron chi connectivity index (χ4n) is 5.72. The molecule has 1 saturated heterocycles. The maximum atomic E-state index is 12.8. The minimum Gasteiger partial charge on any atom is -0.457 e. The van der Waals surface area contributed by atoms with Crippen LogP contribution in [0.2, 0.25) is 0 Å². The van der Waals surface area contributed by atoms with Crippen LogP contribution in [0.25, 0.3) is 0 Å². The molecule has 0 amide bonds. The van der Waals surface area contributed by atoms with Crippen LogP contribution in [0.1, 0.15) is 136 Å². The molecule has 0 aliphatic carbocycles. The van der Waals surface area contributed by atoms with Crippen LogP contribution < -0.4 is 0 Å². The van der Waals surface area contributed by atoms with Crippen molar-refractivity contribution in [2.75, 3.05) is 26.4 Å². The molecule has 1 aliphatic rings. The van der Waals surface area contributed by atoms with Crippen molar-refractivity contribution in [1.29, 1.82) is 0 Å². The molecule has 4 N–H and O–H groups in total. The largest absolute Gasteiger partial charge is 0.457 e. The Balaban J connectivity index is 2.54. The van der Waals surface area contributed by atoms with Crippen LogP contribution in [0.15, 0.2) is 48.6 Å². The van der Waals surface area contributed by atoms with Crippen LogP contribution in [-0.2, 0) is 38.3 Å². The number of carbonyl (C=O) groups is 1. The van der Waals surface area contributed by atoms with E-state index in [1.54, 1.807) is 0 Å². The minimum absolute atomic E-state index is 0.0191. The number of unbranched alkanes of at least 4 members (excludes halogenated alkanes) is 12. The van der Waals surface area contributed by atoms with Crippen molar-refractivity contribution in [2.24, 2.45) is 0 Å². The molecule has 308 valence electrons. The van der Waals surface area contributed by atoms with E-state index in [2.05, 4.69) is 66.6 Å². The fraction of sp³-hybridized carbons (Fsp3) is 0.775. The Kier molecular flexibility index (Phi) is 29.9. The zero-order valence-corrected chi connectivity index (χ0v) is 33.1. The molecule has 0 radical (unpaired) electrons. The Morgan fingerprint density at radius 2 is 1.30 bits per heavy atom. The summed E-state index contributed by atoms with van der Waals surface area (Å²) in [6, 6.07) is 0. The van der Waals surface area contributed by atoms with Crippen LogP contribution in [0.4, 0.5) is 0 Å². The summed E-state index contributed by atoms with van der Waals surface area (Å²) in [6.45, 7) is 3.79. The number of allylic oxidation sites excluding steroid dienone is 8. The zero-order chi connectivity index (χ0) is 39.0. The Hall–Kier alpha value is -1.94. The Morgan fingerprint density at radius 1 is 0.736 bits per heavy atom. The summed E-state index contributed by atoms with van der Waals surface area (Å²) in [6.07, 6.45) is 27.3. The van der Waals surface area contributed by atoms with Gasteiger partial charge in [0.1, 0.15) is 30.5 Å². The van der Waals surface area contributed by atoms with Crippen molar-refractivity contribution in [1.82, 2.24) is 0 Å². The first-order valence-electron chi connectivity index (χ1n) is 19.9. The number of carbonyl (C=O) groups excluding carboxylic acids is 1. The van der Waals surface area contributed by atoms with E-state index in [0.29, 0.717) is 13.0 Å². The molecule has 0 aromatic heterocycles. The van der Waals surface area contributed by atoms with Crippen LogP contribution in [-0.4, -0.2) is 97.5 Å². The summed E-state index contributed by atoms with van der Waals surface area (Å²) in [5.74, 6) is -0.441. The smallest absolute Gasteiger partial charge is 0.397 e. The highest BCUT2D eigenvalue weighted by molar-refractivity contribution is 7.80. The Bertz CT molecular complexity index is 1120. The lowest BCUT2D eigenvalue weighted by molar-refractivity contribution is -0.301. The summed E-state index contributed by atoms with van der Waals surface area (Å²) in [4.78, 5) is 12.8. The van der Waals surface area contributed by atoms with E-state index in [1.165, 1.54) is 51.4 Å². The minimum atomic E-state index is -5.06. The van der Waals surface area contributed by atoms with Gasteiger partial charge in [0.05, 0.1) is 19.8 Å². The SMILES string of the molecule is CC/C=C\C/C=C\C/C=C\C/C=C\CCCCC(=O)OC(COCCCCCCCCCCCCC)COC1OC(CO)C(O)C(OS(=O)(=O)O)C1O. The molecule has 1 aliphatic heterocycles. The monoisotopic (exact) mass is 774 g/mol. The molecule has 1 rings (SSSR count). The van der Waals surface area contributed by atoms with Gasteiger partial charge in [-0.3, -0.25) is 9.35 Å². The lowest BCUT2D eigenvalue weighted by atomic mass is 9.99. The number of esters is 1. The third kappa shape index (κ3) is 26.5. The summed E-state index contributed by atoms with van der Waals surface area (Å²) in [7, 11) is -5.06. The number of hydrogen-bond acceptors (Lipinski definition) is 11. The predicted octanol–water partition coefficient (Wildman–Crippen LogP) is 7.23. The highest BCUT2D eigenvalue weighted by Crippen LogP contribution is 2.26. The van der Waals surface area contributed by atoms with E-state index in [0.717, 1.165) is 57.8 Å². The quantitative estimate of drug-likeness (QED) is 0.0228. The maximum Gasteiger partial charge on any atom is 0.397 e. The van der Waals surface area contributed by atoms with Crippen LogP contribution in [0.3, 0.4) is 0 Å². The second-order valence-corrected chi connectivity index (χ2v) is 14.5. The van der Waals surface area contributed by atoms with Gasteiger partial charge in [0.2, 0.25) is 0 Å². The third-order valence-electron chi connectivity index (χ3n) is 8.72. The summed E-state index contributed by atoms with van der Waals surface area (Å²) in [5, 5.41) is 30.5. The van der Waals surface area contributed by atoms with Crippen molar-refractivity contribution < 1.29 is 56.2 Å². The maximum absolute atomic E-state index is 12.8. The molecule has 0 aromatic rings. The number of hydrogen-bond donors (Lipinski definition) is 4. The van der Waals surface area contributed by atoms with Crippen LogP contribution >= 0.6 is 0 Å². The first kappa shape index (κ1) is 49.1. The highest BCUT2D eigenvalue weighted by Gasteiger charge is 2.48. The van der Waals surface area contributed by atoms with Gasteiger partial charge in [0, 0.05) is 13.0 Å². The lowest BCUT2D eigenvalue weighted by Gasteiger charge is -2.41. The standard InChI is InChI=1S/C40H70O12S/c1-3-5-7-9-11-13-15-16-17-18-19-21-23-25-27-29-36(42)50-34(32-48-30-28-26-24-22-20-14-12-10-8-6-4-2)33-49-40-38(44)39(52-53(45,46)47)37(43)35(31-41)51-40/h5,7,11,13,16-17,19,21,34-35,37-41,43-44H,3-4,6,8-10,12,14-15,18,20,22-33H2,1-2H3,(H,45,46,47)/b7-5-,13-11-,17-16-,21-19-. The van der Waals surface area contributed by atoms with E-state index >= 15 is 0 Å². The van der Waals surface area contributed by atoms with E-state index in [4.69, 9.17) is 23.5 Å². The van der Waals surface area contributed by atoms with Gasteiger partial charge < -0.3 is 34.3 Å². The molecule has 53 heavy (non-hydrogen) atoms. The van der Waals surface area contributed by atoms with Crippen LogP contribution in [0, 0.1) is 0 Å².